The lowest BCUT2D eigenvalue weighted by Gasteiger charge is -2.28. The third kappa shape index (κ3) is 3.26. The Labute approximate surface area is 133 Å². The molecule has 1 saturated heterocycles. The molecule has 1 fully saturated rings. The minimum Gasteiger partial charge on any atom is -0.345 e. The highest BCUT2D eigenvalue weighted by Gasteiger charge is 2.28. The molecule has 1 aliphatic heterocycles. The number of aryl methyl sites for hydroxylation is 1. The van der Waals surface area contributed by atoms with Gasteiger partial charge in [-0.3, -0.25) is 0 Å². The van der Waals surface area contributed by atoms with Crippen LogP contribution < -0.4 is 10.2 Å². The number of hydrogen-bond acceptors (Lipinski definition) is 4. The molecule has 1 aromatic rings. The average Bonchev–Trinajstić information content (AvgIpc) is 2.79. The Hall–Kier alpha value is -0.610. The van der Waals surface area contributed by atoms with E-state index in [0.29, 0.717) is 12.1 Å². The maximum absolute atomic E-state index is 5.10. The Bertz CT molecular complexity index is 457. The van der Waals surface area contributed by atoms with Gasteiger partial charge in [0.05, 0.1) is 11.7 Å². The SMILES string of the molecule is CCNC1CCCc2sc(N3CCCCCC3CC)nc21. The molecule has 2 aliphatic rings. The molecule has 3 nitrogen and oxygen atoms in total. The molecule has 2 unspecified atom stereocenters. The number of nitrogens with one attached hydrogen (secondary N) is 1. The van der Waals surface area contributed by atoms with Gasteiger partial charge < -0.3 is 10.2 Å². The standard InChI is InChI=1S/C17H29N3S/c1-3-13-9-6-5-7-12-20(13)17-19-16-14(18-4-2)10-8-11-15(16)21-17/h13-14,18H,3-12H2,1-2H3. The van der Waals surface area contributed by atoms with Gasteiger partial charge in [-0.2, -0.15) is 0 Å². The first-order chi connectivity index (χ1) is 10.3. The van der Waals surface area contributed by atoms with E-state index >= 15 is 0 Å². The minimum absolute atomic E-state index is 0.496. The molecule has 21 heavy (non-hydrogen) atoms. The topological polar surface area (TPSA) is 28.2 Å². The van der Waals surface area contributed by atoms with Crippen molar-refractivity contribution < 1.29 is 0 Å². The maximum atomic E-state index is 5.10. The Kier molecular flexibility index (Phi) is 5.17. The summed E-state index contributed by atoms with van der Waals surface area (Å²) in [4.78, 5) is 9.26. The van der Waals surface area contributed by atoms with Crippen LogP contribution in [0, 0.1) is 0 Å². The number of hydrogen-bond donors (Lipinski definition) is 1. The first-order valence-electron chi connectivity index (χ1n) is 8.83. The Morgan fingerprint density at radius 3 is 2.90 bits per heavy atom. The van der Waals surface area contributed by atoms with Crippen molar-refractivity contribution in [1.29, 1.82) is 0 Å². The van der Waals surface area contributed by atoms with Crippen molar-refractivity contribution in [2.75, 3.05) is 18.0 Å². The van der Waals surface area contributed by atoms with Crippen LogP contribution >= 0.6 is 11.3 Å². The number of thiazole rings is 1. The molecule has 0 amide bonds. The van der Waals surface area contributed by atoms with Gasteiger partial charge >= 0.3 is 0 Å². The average molecular weight is 308 g/mol. The third-order valence-corrected chi connectivity index (χ3v) is 6.16. The van der Waals surface area contributed by atoms with Gasteiger partial charge in [0, 0.05) is 17.5 Å². The Morgan fingerprint density at radius 1 is 1.19 bits per heavy atom. The summed E-state index contributed by atoms with van der Waals surface area (Å²) >= 11 is 1.97. The summed E-state index contributed by atoms with van der Waals surface area (Å²) in [6.07, 6.45) is 10.5. The van der Waals surface area contributed by atoms with Crippen LogP contribution in [0.3, 0.4) is 0 Å². The normalized spacial score (nSPS) is 26.5. The second-order valence-electron chi connectivity index (χ2n) is 6.41. The zero-order valence-electron chi connectivity index (χ0n) is 13.5. The predicted octanol–water partition coefficient (Wildman–Crippen LogP) is 4.29. The Morgan fingerprint density at radius 2 is 2.10 bits per heavy atom. The van der Waals surface area contributed by atoms with Crippen molar-refractivity contribution in [3.05, 3.63) is 10.6 Å². The van der Waals surface area contributed by atoms with E-state index in [0.717, 1.165) is 6.54 Å². The lowest BCUT2D eigenvalue weighted by molar-refractivity contribution is 0.464. The van der Waals surface area contributed by atoms with E-state index in [4.69, 9.17) is 4.98 Å². The molecule has 0 aromatic carbocycles. The van der Waals surface area contributed by atoms with E-state index < -0.39 is 0 Å². The van der Waals surface area contributed by atoms with E-state index in [1.54, 1.807) is 4.88 Å². The quantitative estimate of drug-likeness (QED) is 0.899. The van der Waals surface area contributed by atoms with Crippen LogP contribution in [0.15, 0.2) is 0 Å². The zero-order chi connectivity index (χ0) is 14.7. The first kappa shape index (κ1) is 15.3. The molecule has 1 N–H and O–H groups in total. The van der Waals surface area contributed by atoms with Crippen LogP contribution in [0.4, 0.5) is 5.13 Å². The fourth-order valence-corrected chi connectivity index (χ4v) is 5.09. The van der Waals surface area contributed by atoms with E-state index in [2.05, 4.69) is 24.1 Å². The van der Waals surface area contributed by atoms with Gasteiger partial charge in [0.2, 0.25) is 0 Å². The summed E-state index contributed by atoms with van der Waals surface area (Å²) in [5.41, 5.74) is 1.36. The number of rotatable bonds is 4. The zero-order valence-corrected chi connectivity index (χ0v) is 14.3. The van der Waals surface area contributed by atoms with Gasteiger partial charge in [-0.15, -0.1) is 11.3 Å². The van der Waals surface area contributed by atoms with Crippen molar-refractivity contribution in [2.45, 2.75) is 77.3 Å². The molecule has 1 aliphatic carbocycles. The van der Waals surface area contributed by atoms with Crippen molar-refractivity contribution in [2.24, 2.45) is 0 Å². The van der Waals surface area contributed by atoms with Gasteiger partial charge in [-0.1, -0.05) is 26.7 Å². The second kappa shape index (κ2) is 7.10. The Balaban J connectivity index is 1.85. The van der Waals surface area contributed by atoms with E-state index in [1.165, 1.54) is 68.7 Å². The molecule has 0 bridgehead atoms. The molecule has 3 rings (SSSR count). The minimum atomic E-state index is 0.496. The highest BCUT2D eigenvalue weighted by molar-refractivity contribution is 7.15. The lowest BCUT2D eigenvalue weighted by atomic mass is 9.98. The fraction of sp³-hybridized carbons (Fsp3) is 0.824. The van der Waals surface area contributed by atoms with Crippen molar-refractivity contribution in [3.8, 4) is 0 Å². The molecule has 2 heterocycles. The monoisotopic (exact) mass is 307 g/mol. The smallest absolute Gasteiger partial charge is 0.186 e. The number of aromatic nitrogens is 1. The van der Waals surface area contributed by atoms with Crippen molar-refractivity contribution >= 4 is 16.5 Å². The van der Waals surface area contributed by atoms with E-state index in [-0.39, 0.29) is 0 Å². The summed E-state index contributed by atoms with van der Waals surface area (Å²) in [6, 6.07) is 1.20. The summed E-state index contributed by atoms with van der Waals surface area (Å²) in [5.74, 6) is 0. The first-order valence-corrected chi connectivity index (χ1v) is 9.64. The van der Waals surface area contributed by atoms with Crippen LogP contribution in [0.5, 0.6) is 0 Å². The molecule has 0 radical (unpaired) electrons. The van der Waals surface area contributed by atoms with Gasteiger partial charge in [0.1, 0.15) is 0 Å². The highest BCUT2D eigenvalue weighted by atomic mass is 32.1. The molecular weight excluding hydrogens is 278 g/mol. The van der Waals surface area contributed by atoms with Crippen LogP contribution in [-0.4, -0.2) is 24.1 Å². The predicted molar refractivity (Wildman–Crippen MR) is 91.4 cm³/mol. The van der Waals surface area contributed by atoms with Crippen LogP contribution in [0.1, 0.15) is 75.4 Å². The van der Waals surface area contributed by atoms with Crippen LogP contribution in [0.25, 0.3) is 0 Å². The third-order valence-electron chi connectivity index (χ3n) is 4.99. The van der Waals surface area contributed by atoms with Crippen LogP contribution in [-0.2, 0) is 6.42 Å². The van der Waals surface area contributed by atoms with Gasteiger partial charge in [-0.05, 0) is 45.1 Å². The van der Waals surface area contributed by atoms with E-state index in [9.17, 15) is 0 Å². The summed E-state index contributed by atoms with van der Waals surface area (Å²) in [5, 5.41) is 4.92. The highest BCUT2D eigenvalue weighted by Crippen LogP contribution is 2.38. The van der Waals surface area contributed by atoms with Crippen LogP contribution in [0.2, 0.25) is 0 Å². The maximum Gasteiger partial charge on any atom is 0.186 e. The molecule has 0 saturated carbocycles. The van der Waals surface area contributed by atoms with Crippen molar-refractivity contribution in [1.82, 2.24) is 10.3 Å². The summed E-state index contributed by atoms with van der Waals surface area (Å²) < 4.78 is 0. The second-order valence-corrected chi connectivity index (χ2v) is 7.47. The molecule has 4 heteroatoms. The van der Waals surface area contributed by atoms with Gasteiger partial charge in [0.25, 0.3) is 0 Å². The summed E-state index contributed by atoms with van der Waals surface area (Å²) in [6.45, 7) is 6.77. The molecule has 0 spiro atoms. The molecular formula is C17H29N3S. The molecule has 118 valence electrons. The number of anilines is 1. The van der Waals surface area contributed by atoms with E-state index in [1.807, 2.05) is 11.3 Å². The lowest BCUT2D eigenvalue weighted by Crippen LogP contribution is -2.34. The fourth-order valence-electron chi connectivity index (χ4n) is 3.83. The molecule has 1 aromatic heterocycles. The largest absolute Gasteiger partial charge is 0.345 e. The van der Waals surface area contributed by atoms with Gasteiger partial charge in [0.15, 0.2) is 5.13 Å². The molecule has 2 atom stereocenters. The number of fused-ring (bicyclic) bond motifs is 1. The number of nitrogens with zero attached hydrogens (tertiary/aromatic N) is 2. The summed E-state index contributed by atoms with van der Waals surface area (Å²) in [7, 11) is 0. The van der Waals surface area contributed by atoms with Gasteiger partial charge in [-0.25, -0.2) is 4.98 Å². The van der Waals surface area contributed by atoms with Crippen molar-refractivity contribution in [3.63, 3.8) is 0 Å².